The van der Waals surface area contributed by atoms with Gasteiger partial charge in [-0.3, -0.25) is 4.79 Å². The summed E-state index contributed by atoms with van der Waals surface area (Å²) in [6, 6.07) is -0.509. The van der Waals surface area contributed by atoms with Gasteiger partial charge in [0.1, 0.15) is 6.54 Å². The topological polar surface area (TPSA) is 88.1 Å². The Kier molecular flexibility index (Phi) is 6.58. The lowest BCUT2D eigenvalue weighted by molar-refractivity contribution is -0.138. The zero-order chi connectivity index (χ0) is 14.3. The maximum atomic E-state index is 12.0. The summed E-state index contributed by atoms with van der Waals surface area (Å²) in [7, 11) is 0. The van der Waals surface area contributed by atoms with Crippen LogP contribution in [0.2, 0.25) is 0 Å². The van der Waals surface area contributed by atoms with Crippen LogP contribution >= 0.6 is 0 Å². The first-order valence-electron chi connectivity index (χ1n) is 6.50. The molecule has 0 bridgehead atoms. The van der Waals surface area contributed by atoms with Gasteiger partial charge in [-0.05, 0) is 13.3 Å². The Bertz CT molecular complexity index is 304. The standard InChI is InChI=1S/C12H22N2O5/c1-3-9(2)14(7-11(15)16)12(17)13-6-10-8-18-4-5-19-10/h9-10H,3-8H2,1-2H3,(H,13,17)(H,15,16). The molecule has 0 aliphatic carbocycles. The minimum atomic E-state index is -1.02. The molecular weight excluding hydrogens is 252 g/mol. The highest BCUT2D eigenvalue weighted by molar-refractivity contribution is 5.80. The zero-order valence-electron chi connectivity index (χ0n) is 11.4. The number of nitrogens with one attached hydrogen (secondary N) is 1. The number of carboxylic acid groups (broad SMARTS) is 1. The molecule has 0 radical (unpaired) electrons. The fourth-order valence-electron chi connectivity index (χ4n) is 1.75. The largest absolute Gasteiger partial charge is 0.480 e. The van der Waals surface area contributed by atoms with E-state index in [0.29, 0.717) is 32.8 Å². The molecule has 0 aromatic rings. The van der Waals surface area contributed by atoms with E-state index in [2.05, 4.69) is 5.32 Å². The molecule has 2 atom stereocenters. The number of carboxylic acids is 1. The molecule has 1 heterocycles. The van der Waals surface area contributed by atoms with E-state index in [9.17, 15) is 9.59 Å². The second-order valence-electron chi connectivity index (χ2n) is 4.53. The molecule has 1 rings (SSSR count). The summed E-state index contributed by atoms with van der Waals surface area (Å²) in [4.78, 5) is 24.1. The molecule has 19 heavy (non-hydrogen) atoms. The Labute approximate surface area is 112 Å². The van der Waals surface area contributed by atoms with Gasteiger partial charge < -0.3 is 24.8 Å². The van der Waals surface area contributed by atoms with Crippen molar-refractivity contribution in [1.29, 1.82) is 0 Å². The van der Waals surface area contributed by atoms with Gasteiger partial charge in [0.25, 0.3) is 0 Å². The molecule has 1 aliphatic heterocycles. The summed E-state index contributed by atoms with van der Waals surface area (Å²) in [6.45, 7) is 5.29. The van der Waals surface area contributed by atoms with Gasteiger partial charge in [0.05, 0.1) is 25.9 Å². The lowest BCUT2D eigenvalue weighted by Crippen LogP contribution is -2.50. The van der Waals surface area contributed by atoms with E-state index in [4.69, 9.17) is 14.6 Å². The van der Waals surface area contributed by atoms with Crippen LogP contribution in [0.4, 0.5) is 4.79 Å². The predicted molar refractivity (Wildman–Crippen MR) is 68.1 cm³/mol. The first-order valence-corrected chi connectivity index (χ1v) is 6.50. The molecule has 7 nitrogen and oxygen atoms in total. The lowest BCUT2D eigenvalue weighted by Gasteiger charge is -2.29. The smallest absolute Gasteiger partial charge is 0.323 e. The first kappa shape index (κ1) is 15.7. The number of nitrogens with zero attached hydrogens (tertiary/aromatic N) is 1. The van der Waals surface area contributed by atoms with Gasteiger partial charge in [0.2, 0.25) is 0 Å². The average Bonchev–Trinajstić information content (AvgIpc) is 2.42. The minimum Gasteiger partial charge on any atom is -0.480 e. The second kappa shape index (κ2) is 7.96. The molecule has 2 amide bonds. The van der Waals surface area contributed by atoms with Crippen molar-refractivity contribution < 1.29 is 24.2 Å². The van der Waals surface area contributed by atoms with Gasteiger partial charge in [-0.25, -0.2) is 4.79 Å². The van der Waals surface area contributed by atoms with E-state index >= 15 is 0 Å². The van der Waals surface area contributed by atoms with Crippen molar-refractivity contribution in [1.82, 2.24) is 10.2 Å². The van der Waals surface area contributed by atoms with E-state index in [1.807, 2.05) is 13.8 Å². The van der Waals surface area contributed by atoms with Crippen LogP contribution in [0.1, 0.15) is 20.3 Å². The second-order valence-corrected chi connectivity index (χ2v) is 4.53. The molecule has 1 aliphatic rings. The summed E-state index contributed by atoms with van der Waals surface area (Å²) in [5.41, 5.74) is 0. The minimum absolute atomic E-state index is 0.125. The number of rotatable bonds is 6. The highest BCUT2D eigenvalue weighted by Gasteiger charge is 2.23. The normalized spacial score (nSPS) is 20.6. The molecular formula is C12H22N2O5. The van der Waals surface area contributed by atoms with Crippen molar-refractivity contribution in [3.05, 3.63) is 0 Å². The third kappa shape index (κ3) is 5.44. The fraction of sp³-hybridized carbons (Fsp3) is 0.833. The van der Waals surface area contributed by atoms with Crippen molar-refractivity contribution >= 4 is 12.0 Å². The number of aliphatic carboxylic acids is 1. The van der Waals surface area contributed by atoms with Crippen LogP contribution in [0.5, 0.6) is 0 Å². The molecule has 1 fully saturated rings. The van der Waals surface area contributed by atoms with Crippen LogP contribution in [0.25, 0.3) is 0 Å². The number of ether oxygens (including phenoxy) is 2. The van der Waals surface area contributed by atoms with Crippen LogP contribution in [-0.2, 0) is 14.3 Å². The Morgan fingerprint density at radius 1 is 1.47 bits per heavy atom. The summed E-state index contributed by atoms with van der Waals surface area (Å²) in [5, 5.41) is 11.5. The molecule has 0 saturated carbocycles. The average molecular weight is 274 g/mol. The van der Waals surface area contributed by atoms with Gasteiger partial charge in [0.15, 0.2) is 0 Å². The Morgan fingerprint density at radius 3 is 2.74 bits per heavy atom. The highest BCUT2D eigenvalue weighted by Crippen LogP contribution is 2.05. The molecule has 7 heteroatoms. The molecule has 0 spiro atoms. The Hall–Kier alpha value is -1.34. The maximum Gasteiger partial charge on any atom is 0.323 e. The van der Waals surface area contributed by atoms with Gasteiger partial charge in [-0.15, -0.1) is 0 Å². The van der Waals surface area contributed by atoms with Crippen LogP contribution < -0.4 is 5.32 Å². The van der Waals surface area contributed by atoms with Crippen LogP contribution in [0.15, 0.2) is 0 Å². The number of hydrogen-bond acceptors (Lipinski definition) is 4. The lowest BCUT2D eigenvalue weighted by atomic mass is 10.2. The van der Waals surface area contributed by atoms with E-state index in [1.54, 1.807) is 0 Å². The highest BCUT2D eigenvalue weighted by atomic mass is 16.6. The van der Waals surface area contributed by atoms with E-state index in [-0.39, 0.29) is 24.7 Å². The van der Waals surface area contributed by atoms with E-state index < -0.39 is 5.97 Å². The monoisotopic (exact) mass is 274 g/mol. The van der Waals surface area contributed by atoms with Crippen molar-refractivity contribution in [3.63, 3.8) is 0 Å². The molecule has 1 saturated heterocycles. The zero-order valence-corrected chi connectivity index (χ0v) is 11.4. The number of urea groups is 1. The Morgan fingerprint density at radius 2 is 2.21 bits per heavy atom. The van der Waals surface area contributed by atoms with Crippen LogP contribution in [-0.4, -0.2) is 67.1 Å². The predicted octanol–water partition coefficient (Wildman–Crippen LogP) is 0.297. The summed E-state index contributed by atoms with van der Waals surface area (Å²) in [6.07, 6.45) is 0.533. The van der Waals surface area contributed by atoms with Gasteiger partial charge >= 0.3 is 12.0 Å². The van der Waals surface area contributed by atoms with Crippen LogP contribution in [0.3, 0.4) is 0 Å². The fourth-order valence-corrected chi connectivity index (χ4v) is 1.75. The third-order valence-electron chi connectivity index (χ3n) is 3.06. The Balaban J connectivity index is 2.43. The summed E-state index contributed by atoms with van der Waals surface area (Å²) in [5.74, 6) is -1.02. The van der Waals surface area contributed by atoms with E-state index in [0.717, 1.165) is 0 Å². The summed E-state index contributed by atoms with van der Waals surface area (Å²) < 4.78 is 10.6. The third-order valence-corrected chi connectivity index (χ3v) is 3.06. The molecule has 2 N–H and O–H groups in total. The summed E-state index contributed by atoms with van der Waals surface area (Å²) >= 11 is 0. The van der Waals surface area contributed by atoms with Crippen molar-refractivity contribution in [2.45, 2.75) is 32.4 Å². The number of carbonyl (C=O) groups excluding carboxylic acids is 1. The van der Waals surface area contributed by atoms with Gasteiger partial charge in [-0.2, -0.15) is 0 Å². The molecule has 0 aromatic carbocycles. The number of carbonyl (C=O) groups is 2. The van der Waals surface area contributed by atoms with Crippen molar-refractivity contribution in [3.8, 4) is 0 Å². The SMILES string of the molecule is CCC(C)N(CC(=O)O)C(=O)NCC1COCCO1. The molecule has 110 valence electrons. The number of hydrogen-bond donors (Lipinski definition) is 2. The van der Waals surface area contributed by atoms with Crippen molar-refractivity contribution in [2.24, 2.45) is 0 Å². The van der Waals surface area contributed by atoms with Crippen LogP contribution in [0, 0.1) is 0 Å². The number of amides is 2. The van der Waals surface area contributed by atoms with Crippen molar-refractivity contribution in [2.75, 3.05) is 32.9 Å². The van der Waals surface area contributed by atoms with Gasteiger partial charge in [-0.1, -0.05) is 6.92 Å². The first-order chi connectivity index (χ1) is 9.04. The van der Waals surface area contributed by atoms with Gasteiger partial charge in [0, 0.05) is 12.6 Å². The molecule has 0 aromatic heterocycles. The maximum absolute atomic E-state index is 12.0. The van der Waals surface area contributed by atoms with E-state index in [1.165, 1.54) is 4.90 Å². The molecule has 2 unspecified atom stereocenters. The quantitative estimate of drug-likeness (QED) is 0.727.